The highest BCUT2D eigenvalue weighted by Crippen LogP contribution is 2.36. The summed E-state index contributed by atoms with van der Waals surface area (Å²) < 4.78 is 0. The number of likely N-dealkylation sites (tertiary alicyclic amines) is 1. The van der Waals surface area contributed by atoms with Crippen LogP contribution in [-0.2, 0) is 17.8 Å². The zero-order valence-electron chi connectivity index (χ0n) is 14.2. The number of imidazole rings is 1. The largest absolute Gasteiger partial charge is 0.371 e. The number of nitrogens with zero attached hydrogens (tertiary/aromatic N) is 3. The molecule has 2 aliphatic rings. The molecule has 1 aromatic carbocycles. The summed E-state index contributed by atoms with van der Waals surface area (Å²) in [5.74, 6) is -0.209. The fraction of sp³-hybridized carbons (Fsp3) is 0.412. The van der Waals surface area contributed by atoms with Gasteiger partial charge < -0.3 is 15.6 Å². The third-order valence-electron chi connectivity index (χ3n) is 4.88. The summed E-state index contributed by atoms with van der Waals surface area (Å²) in [4.78, 5) is 32.5. The SMILES string of the molecule is O=C1Nc2cc([N+](=O)[O-])cc(CN3CCCC3)c2NC1Cc1cnc[nH]1. The number of carbonyl (C=O) groups excluding carboxylic acids is 1. The highest BCUT2D eigenvalue weighted by Gasteiger charge is 2.30. The number of non-ortho nitro benzene ring substituents is 1. The molecule has 1 amide bonds. The third kappa shape index (κ3) is 3.25. The molecule has 3 N–H and O–H groups in total. The molecular weight excluding hydrogens is 336 g/mol. The summed E-state index contributed by atoms with van der Waals surface area (Å²) in [5, 5.41) is 17.4. The topological polar surface area (TPSA) is 116 Å². The zero-order chi connectivity index (χ0) is 18.1. The number of H-pyrrole nitrogens is 1. The fourth-order valence-electron chi connectivity index (χ4n) is 3.59. The zero-order valence-corrected chi connectivity index (χ0v) is 14.2. The first kappa shape index (κ1) is 16.5. The normalized spacial score (nSPS) is 19.7. The van der Waals surface area contributed by atoms with Crippen molar-refractivity contribution in [3.8, 4) is 0 Å². The van der Waals surface area contributed by atoms with Crippen molar-refractivity contribution in [2.24, 2.45) is 0 Å². The van der Waals surface area contributed by atoms with Gasteiger partial charge in [-0.1, -0.05) is 0 Å². The van der Waals surface area contributed by atoms with Crippen molar-refractivity contribution >= 4 is 23.0 Å². The average Bonchev–Trinajstić information content (AvgIpc) is 3.29. The van der Waals surface area contributed by atoms with Crippen LogP contribution >= 0.6 is 0 Å². The number of aromatic amines is 1. The van der Waals surface area contributed by atoms with E-state index in [0.29, 0.717) is 18.7 Å². The Kier molecular flexibility index (Phi) is 4.29. The van der Waals surface area contributed by atoms with Gasteiger partial charge >= 0.3 is 0 Å². The lowest BCUT2D eigenvalue weighted by atomic mass is 10.0. The number of nitrogens with one attached hydrogen (secondary N) is 3. The maximum absolute atomic E-state index is 12.4. The first-order valence-electron chi connectivity index (χ1n) is 8.68. The lowest BCUT2D eigenvalue weighted by molar-refractivity contribution is -0.384. The first-order valence-corrected chi connectivity index (χ1v) is 8.68. The Bertz CT molecular complexity index is 829. The van der Waals surface area contributed by atoms with Gasteiger partial charge in [0, 0.05) is 37.0 Å². The van der Waals surface area contributed by atoms with E-state index in [0.717, 1.165) is 42.9 Å². The molecule has 136 valence electrons. The molecule has 9 heteroatoms. The fourth-order valence-corrected chi connectivity index (χ4v) is 3.59. The van der Waals surface area contributed by atoms with Crippen molar-refractivity contribution in [1.82, 2.24) is 14.9 Å². The summed E-state index contributed by atoms with van der Waals surface area (Å²) in [6.07, 6.45) is 6.01. The van der Waals surface area contributed by atoms with E-state index in [4.69, 9.17) is 0 Å². The lowest BCUT2D eigenvalue weighted by Crippen LogP contribution is -2.41. The molecule has 1 aromatic heterocycles. The number of amides is 1. The van der Waals surface area contributed by atoms with Crippen LogP contribution in [0, 0.1) is 10.1 Å². The van der Waals surface area contributed by atoms with Crippen molar-refractivity contribution in [1.29, 1.82) is 0 Å². The Hall–Kier alpha value is -2.94. The van der Waals surface area contributed by atoms with Gasteiger partial charge in [0.15, 0.2) is 0 Å². The van der Waals surface area contributed by atoms with Crippen LogP contribution in [0.25, 0.3) is 0 Å². The summed E-state index contributed by atoms with van der Waals surface area (Å²) in [7, 11) is 0. The van der Waals surface area contributed by atoms with Gasteiger partial charge in [0.2, 0.25) is 5.91 Å². The molecule has 1 unspecified atom stereocenters. The minimum atomic E-state index is -0.457. The van der Waals surface area contributed by atoms with E-state index in [9.17, 15) is 14.9 Å². The van der Waals surface area contributed by atoms with Gasteiger partial charge in [0.25, 0.3) is 5.69 Å². The Balaban J connectivity index is 1.65. The summed E-state index contributed by atoms with van der Waals surface area (Å²) in [6, 6.07) is 2.57. The monoisotopic (exact) mass is 356 g/mol. The van der Waals surface area contributed by atoms with Crippen LogP contribution in [-0.4, -0.2) is 44.8 Å². The second-order valence-corrected chi connectivity index (χ2v) is 6.73. The minimum absolute atomic E-state index is 0.00735. The molecule has 3 heterocycles. The van der Waals surface area contributed by atoms with Gasteiger partial charge in [0.05, 0.1) is 22.6 Å². The maximum Gasteiger partial charge on any atom is 0.271 e. The Morgan fingerprint density at radius 3 is 2.81 bits per heavy atom. The molecule has 9 nitrogen and oxygen atoms in total. The van der Waals surface area contributed by atoms with E-state index < -0.39 is 11.0 Å². The summed E-state index contributed by atoms with van der Waals surface area (Å²) in [5.41, 5.74) is 2.92. The molecule has 0 aliphatic carbocycles. The van der Waals surface area contributed by atoms with Crippen LogP contribution in [0.4, 0.5) is 17.1 Å². The molecule has 26 heavy (non-hydrogen) atoms. The van der Waals surface area contributed by atoms with Crippen LogP contribution in [0.1, 0.15) is 24.1 Å². The quantitative estimate of drug-likeness (QED) is 0.556. The highest BCUT2D eigenvalue weighted by atomic mass is 16.6. The second kappa shape index (κ2) is 6.75. The van der Waals surface area contributed by atoms with Gasteiger partial charge in [-0.15, -0.1) is 0 Å². The van der Waals surface area contributed by atoms with Crippen molar-refractivity contribution in [2.75, 3.05) is 23.7 Å². The molecule has 0 spiro atoms. The number of fused-ring (bicyclic) bond motifs is 1. The predicted octanol–water partition coefficient (Wildman–Crippen LogP) is 1.89. The summed E-state index contributed by atoms with van der Waals surface area (Å²) in [6.45, 7) is 2.60. The molecule has 0 bridgehead atoms. The smallest absolute Gasteiger partial charge is 0.271 e. The van der Waals surface area contributed by atoms with Gasteiger partial charge in [-0.2, -0.15) is 0 Å². The maximum atomic E-state index is 12.4. The number of aromatic nitrogens is 2. The van der Waals surface area contributed by atoms with E-state index in [2.05, 4.69) is 25.5 Å². The number of rotatable bonds is 5. The van der Waals surface area contributed by atoms with Gasteiger partial charge in [0.1, 0.15) is 6.04 Å². The number of carbonyl (C=O) groups is 1. The van der Waals surface area contributed by atoms with Gasteiger partial charge in [-0.05, 0) is 31.5 Å². The molecule has 2 aromatic rings. The van der Waals surface area contributed by atoms with Crippen LogP contribution < -0.4 is 10.6 Å². The number of nitro benzene ring substituents is 1. The first-order chi connectivity index (χ1) is 12.6. The number of benzene rings is 1. The minimum Gasteiger partial charge on any atom is -0.371 e. The molecular formula is C17H20N6O3. The molecule has 0 saturated carbocycles. The van der Waals surface area contributed by atoms with E-state index in [-0.39, 0.29) is 11.6 Å². The molecule has 1 saturated heterocycles. The Labute approximate surface area is 149 Å². The van der Waals surface area contributed by atoms with Crippen LogP contribution in [0.5, 0.6) is 0 Å². The molecule has 1 fully saturated rings. The molecule has 4 rings (SSSR count). The van der Waals surface area contributed by atoms with E-state index in [1.54, 1.807) is 18.6 Å². The Morgan fingerprint density at radius 2 is 2.12 bits per heavy atom. The average molecular weight is 356 g/mol. The molecule has 0 radical (unpaired) electrons. The van der Waals surface area contributed by atoms with E-state index in [1.807, 2.05) is 0 Å². The number of hydrogen-bond donors (Lipinski definition) is 3. The number of hydrogen-bond acceptors (Lipinski definition) is 6. The lowest BCUT2D eigenvalue weighted by Gasteiger charge is -2.29. The van der Waals surface area contributed by atoms with Crippen molar-refractivity contribution < 1.29 is 9.72 Å². The van der Waals surface area contributed by atoms with Crippen molar-refractivity contribution in [2.45, 2.75) is 31.8 Å². The number of nitro groups is 1. The van der Waals surface area contributed by atoms with Crippen LogP contribution in [0.15, 0.2) is 24.7 Å². The summed E-state index contributed by atoms with van der Waals surface area (Å²) >= 11 is 0. The van der Waals surface area contributed by atoms with Gasteiger partial charge in [-0.25, -0.2) is 4.98 Å². The second-order valence-electron chi connectivity index (χ2n) is 6.73. The standard InChI is InChI=1S/C17H20N6O3/c24-17-15(6-12-8-18-10-19-12)20-16-11(9-22-3-1-2-4-22)5-13(23(25)26)7-14(16)21-17/h5,7-8,10,15,20H,1-4,6,9H2,(H,18,19)(H,21,24). The molecule has 1 atom stereocenters. The van der Waals surface area contributed by atoms with E-state index in [1.165, 1.54) is 6.07 Å². The predicted molar refractivity (Wildman–Crippen MR) is 95.9 cm³/mol. The molecule has 2 aliphatic heterocycles. The van der Waals surface area contributed by atoms with Gasteiger partial charge in [-0.3, -0.25) is 19.8 Å². The Morgan fingerprint density at radius 1 is 1.31 bits per heavy atom. The van der Waals surface area contributed by atoms with Crippen LogP contribution in [0.2, 0.25) is 0 Å². The van der Waals surface area contributed by atoms with Crippen molar-refractivity contribution in [3.63, 3.8) is 0 Å². The highest BCUT2D eigenvalue weighted by molar-refractivity contribution is 6.04. The third-order valence-corrected chi connectivity index (χ3v) is 4.88. The van der Waals surface area contributed by atoms with Crippen LogP contribution in [0.3, 0.4) is 0 Å². The van der Waals surface area contributed by atoms with Crippen molar-refractivity contribution in [3.05, 3.63) is 46.0 Å². The number of anilines is 2. The van der Waals surface area contributed by atoms with E-state index >= 15 is 0 Å².